The van der Waals surface area contributed by atoms with Gasteiger partial charge in [0.05, 0.1) is 17.6 Å². The van der Waals surface area contributed by atoms with E-state index in [4.69, 9.17) is 4.42 Å². The first-order chi connectivity index (χ1) is 17.8. The number of rotatable bonds is 7. The van der Waals surface area contributed by atoms with Gasteiger partial charge in [0.15, 0.2) is 0 Å². The quantitative estimate of drug-likeness (QED) is 0.366. The van der Waals surface area contributed by atoms with E-state index < -0.39 is 10.0 Å². The lowest BCUT2D eigenvalue weighted by atomic mass is 9.91. The Bertz CT molecular complexity index is 1330. The molecule has 2 aliphatic carbocycles. The number of fused-ring (bicyclic) bond motifs is 1. The Morgan fingerprint density at radius 3 is 2.08 bits per heavy atom. The van der Waals surface area contributed by atoms with Gasteiger partial charge < -0.3 is 9.73 Å². The van der Waals surface area contributed by atoms with Crippen molar-refractivity contribution in [1.82, 2.24) is 4.31 Å². The Labute approximate surface area is 220 Å². The summed E-state index contributed by atoms with van der Waals surface area (Å²) in [7, 11) is -3.61. The smallest absolute Gasteiger partial charge is 0.243 e. The number of furan rings is 1. The Kier molecular flexibility index (Phi) is 7.72. The molecule has 2 aliphatic rings. The second kappa shape index (κ2) is 11.0. The van der Waals surface area contributed by atoms with Crippen LogP contribution in [-0.2, 0) is 21.2 Å². The second-order valence-corrected chi connectivity index (χ2v) is 12.7. The van der Waals surface area contributed by atoms with Gasteiger partial charge >= 0.3 is 0 Å². The molecule has 1 N–H and O–H groups in total. The topological polar surface area (TPSA) is 79.6 Å². The molecule has 2 fully saturated rings. The van der Waals surface area contributed by atoms with Crippen molar-refractivity contribution in [3.8, 4) is 0 Å². The molecule has 6 nitrogen and oxygen atoms in total. The number of aryl methyl sites for hydroxylation is 2. The molecule has 1 heterocycles. The molecule has 37 heavy (non-hydrogen) atoms. The van der Waals surface area contributed by atoms with E-state index in [1.807, 2.05) is 30.3 Å². The maximum Gasteiger partial charge on any atom is 0.243 e. The fourth-order valence-electron chi connectivity index (χ4n) is 6.10. The monoisotopic (exact) mass is 522 g/mol. The van der Waals surface area contributed by atoms with Gasteiger partial charge in [0.25, 0.3) is 0 Å². The predicted octanol–water partition coefficient (Wildman–Crippen LogP) is 6.89. The Balaban J connectivity index is 1.30. The molecule has 1 amide bonds. The predicted molar refractivity (Wildman–Crippen MR) is 147 cm³/mol. The van der Waals surface area contributed by atoms with Crippen LogP contribution in [0.4, 0.5) is 5.69 Å². The highest BCUT2D eigenvalue weighted by molar-refractivity contribution is 7.89. The molecule has 2 aromatic carbocycles. The summed E-state index contributed by atoms with van der Waals surface area (Å²) in [5.41, 5.74) is 4.48. The second-order valence-electron chi connectivity index (χ2n) is 10.8. The van der Waals surface area contributed by atoms with Gasteiger partial charge in [0.2, 0.25) is 15.9 Å². The maximum absolute atomic E-state index is 13.9. The van der Waals surface area contributed by atoms with Crippen molar-refractivity contribution in [3.05, 3.63) is 59.4 Å². The Hall–Kier alpha value is -2.64. The van der Waals surface area contributed by atoms with Gasteiger partial charge in [-0.25, -0.2) is 8.42 Å². The summed E-state index contributed by atoms with van der Waals surface area (Å²) in [5.74, 6) is -0.164. The molecule has 0 spiro atoms. The zero-order valence-electron chi connectivity index (χ0n) is 22.0. The normalized spacial score (nSPS) is 17.9. The molecule has 0 aliphatic heterocycles. The van der Waals surface area contributed by atoms with Gasteiger partial charge in [0.1, 0.15) is 5.58 Å². The number of amides is 1. The first-order valence-corrected chi connectivity index (χ1v) is 15.2. The van der Waals surface area contributed by atoms with Crippen molar-refractivity contribution < 1.29 is 17.6 Å². The standard InChI is InChI=1S/C30H38N2O4S/c1-21-13-18-28-23(20-36-30(28)22(21)2)19-29(33)31-24-14-16-27(17-15-24)37(34,35)32(25-9-5-3-6-10-25)26-11-7-4-8-12-26/h13-18,20,25-26H,3-12,19H2,1-2H3,(H,31,33). The van der Waals surface area contributed by atoms with E-state index in [2.05, 4.69) is 5.32 Å². The van der Waals surface area contributed by atoms with E-state index in [-0.39, 0.29) is 24.4 Å². The Morgan fingerprint density at radius 1 is 0.892 bits per heavy atom. The maximum atomic E-state index is 13.9. The Morgan fingerprint density at radius 2 is 1.49 bits per heavy atom. The number of hydrogen-bond donors (Lipinski definition) is 1. The lowest BCUT2D eigenvalue weighted by Crippen LogP contribution is -2.48. The van der Waals surface area contributed by atoms with E-state index in [0.717, 1.165) is 79.0 Å². The van der Waals surface area contributed by atoms with E-state index in [9.17, 15) is 13.2 Å². The highest BCUT2D eigenvalue weighted by Crippen LogP contribution is 2.35. The average molecular weight is 523 g/mol. The summed E-state index contributed by atoms with van der Waals surface area (Å²) in [6.07, 6.45) is 12.4. The fourth-order valence-corrected chi connectivity index (χ4v) is 8.03. The van der Waals surface area contributed by atoms with Crippen LogP contribution in [0.2, 0.25) is 0 Å². The van der Waals surface area contributed by atoms with Crippen LogP contribution < -0.4 is 5.32 Å². The molecule has 1 aromatic heterocycles. The first kappa shape index (κ1) is 26.0. The molecule has 0 saturated heterocycles. The van der Waals surface area contributed by atoms with Crippen molar-refractivity contribution in [2.45, 2.75) is 101 Å². The molecular formula is C30H38N2O4S. The summed E-state index contributed by atoms with van der Waals surface area (Å²) in [5, 5.41) is 3.87. The third-order valence-electron chi connectivity index (χ3n) is 8.28. The summed E-state index contributed by atoms with van der Waals surface area (Å²) in [6.45, 7) is 4.06. The number of benzene rings is 2. The van der Waals surface area contributed by atoms with Gasteiger partial charge in [-0.2, -0.15) is 4.31 Å². The van der Waals surface area contributed by atoms with E-state index in [1.54, 1.807) is 30.5 Å². The zero-order valence-corrected chi connectivity index (χ0v) is 22.8. The minimum Gasteiger partial charge on any atom is -0.464 e. The van der Waals surface area contributed by atoms with E-state index in [1.165, 1.54) is 12.8 Å². The molecular weight excluding hydrogens is 484 g/mol. The van der Waals surface area contributed by atoms with Gasteiger partial charge in [-0.15, -0.1) is 0 Å². The van der Waals surface area contributed by atoms with Crippen LogP contribution in [0.15, 0.2) is 52.0 Å². The van der Waals surface area contributed by atoms with Gasteiger partial charge in [0, 0.05) is 28.7 Å². The highest BCUT2D eigenvalue weighted by atomic mass is 32.2. The summed E-state index contributed by atoms with van der Waals surface area (Å²) in [4.78, 5) is 13.1. The molecule has 0 radical (unpaired) electrons. The minimum absolute atomic E-state index is 0.0958. The van der Waals surface area contributed by atoms with E-state index >= 15 is 0 Å². The van der Waals surface area contributed by atoms with Crippen molar-refractivity contribution >= 4 is 32.6 Å². The number of nitrogens with zero attached hydrogens (tertiary/aromatic N) is 1. The fraction of sp³-hybridized carbons (Fsp3) is 0.500. The number of anilines is 1. The lowest BCUT2D eigenvalue weighted by Gasteiger charge is -2.40. The molecule has 0 bridgehead atoms. The van der Waals surface area contributed by atoms with Crippen LogP contribution in [0.25, 0.3) is 11.0 Å². The number of carbonyl (C=O) groups is 1. The van der Waals surface area contributed by atoms with Crippen LogP contribution in [0.3, 0.4) is 0 Å². The third kappa shape index (κ3) is 5.48. The molecule has 5 rings (SSSR count). The summed E-state index contributed by atoms with van der Waals surface area (Å²) < 4.78 is 35.4. The average Bonchev–Trinajstić information content (AvgIpc) is 3.31. The van der Waals surface area contributed by atoms with Crippen LogP contribution in [0.1, 0.15) is 80.9 Å². The zero-order chi connectivity index (χ0) is 26.0. The van der Waals surface area contributed by atoms with Crippen molar-refractivity contribution in [2.75, 3.05) is 5.32 Å². The number of sulfonamides is 1. The molecule has 2 saturated carbocycles. The lowest BCUT2D eigenvalue weighted by molar-refractivity contribution is -0.115. The molecule has 7 heteroatoms. The van der Waals surface area contributed by atoms with Crippen LogP contribution in [-0.4, -0.2) is 30.7 Å². The van der Waals surface area contributed by atoms with Crippen molar-refractivity contribution in [1.29, 1.82) is 0 Å². The van der Waals surface area contributed by atoms with Crippen molar-refractivity contribution in [2.24, 2.45) is 0 Å². The first-order valence-electron chi connectivity index (χ1n) is 13.7. The molecule has 0 atom stereocenters. The van der Waals surface area contributed by atoms with Crippen LogP contribution in [0, 0.1) is 13.8 Å². The molecule has 198 valence electrons. The van der Waals surface area contributed by atoms with Gasteiger partial charge in [-0.3, -0.25) is 4.79 Å². The van der Waals surface area contributed by atoms with Crippen LogP contribution in [0.5, 0.6) is 0 Å². The number of carbonyl (C=O) groups excluding carboxylic acids is 1. The largest absolute Gasteiger partial charge is 0.464 e. The molecule has 0 unspecified atom stereocenters. The van der Waals surface area contributed by atoms with Gasteiger partial charge in [-0.1, -0.05) is 50.7 Å². The minimum atomic E-state index is -3.61. The van der Waals surface area contributed by atoms with E-state index in [0.29, 0.717) is 10.6 Å². The molecule has 3 aromatic rings. The SMILES string of the molecule is Cc1ccc2c(CC(=O)Nc3ccc(S(=O)(=O)N(C4CCCCC4)C4CCCCC4)cc3)coc2c1C. The van der Waals surface area contributed by atoms with Crippen molar-refractivity contribution in [3.63, 3.8) is 0 Å². The highest BCUT2D eigenvalue weighted by Gasteiger charge is 2.38. The van der Waals surface area contributed by atoms with Gasteiger partial charge in [-0.05, 0) is 74.9 Å². The summed E-state index contributed by atoms with van der Waals surface area (Å²) >= 11 is 0. The van der Waals surface area contributed by atoms with Crippen LogP contribution >= 0.6 is 0 Å². The number of nitrogens with one attached hydrogen (secondary N) is 1. The third-order valence-corrected chi connectivity index (χ3v) is 10.3. The number of hydrogen-bond acceptors (Lipinski definition) is 4. The summed E-state index contributed by atoms with van der Waals surface area (Å²) in [6, 6.07) is 10.9.